The molecule has 1 aromatic rings. The number of carbonyl (C=O) groups excluding carboxylic acids is 1. The van der Waals surface area contributed by atoms with Crippen molar-refractivity contribution in [1.82, 2.24) is 10.2 Å². The molecule has 1 fully saturated rings. The fourth-order valence-corrected chi connectivity index (χ4v) is 3.23. The highest BCUT2D eigenvalue weighted by molar-refractivity contribution is 6.42. The molecule has 0 spiro atoms. The smallest absolute Gasteiger partial charge is 0.251 e. The Morgan fingerprint density at radius 2 is 2.00 bits per heavy atom. The summed E-state index contributed by atoms with van der Waals surface area (Å²) in [7, 11) is 2.12. The van der Waals surface area contributed by atoms with Gasteiger partial charge >= 0.3 is 0 Å². The van der Waals surface area contributed by atoms with Crippen LogP contribution in [-0.4, -0.2) is 36.5 Å². The number of amides is 1. The van der Waals surface area contributed by atoms with Crippen molar-refractivity contribution in [3.63, 3.8) is 0 Å². The Morgan fingerprint density at radius 1 is 1.29 bits per heavy atom. The van der Waals surface area contributed by atoms with Gasteiger partial charge in [0, 0.05) is 17.6 Å². The zero-order valence-electron chi connectivity index (χ0n) is 12.5. The molecule has 1 aliphatic carbocycles. The van der Waals surface area contributed by atoms with Crippen molar-refractivity contribution in [2.75, 3.05) is 13.6 Å². The van der Waals surface area contributed by atoms with E-state index in [2.05, 4.69) is 24.2 Å². The number of rotatable bonds is 4. The number of benzene rings is 1. The Kier molecular flexibility index (Phi) is 5.91. The lowest BCUT2D eigenvalue weighted by Crippen LogP contribution is -2.52. The first kappa shape index (κ1) is 16.6. The molecule has 0 aromatic heterocycles. The molecule has 21 heavy (non-hydrogen) atoms. The van der Waals surface area contributed by atoms with Crippen LogP contribution in [0.15, 0.2) is 18.2 Å². The van der Waals surface area contributed by atoms with Crippen LogP contribution in [0.1, 0.15) is 43.0 Å². The lowest BCUT2D eigenvalue weighted by Gasteiger charge is -2.38. The third-order valence-corrected chi connectivity index (χ3v) is 5.03. The minimum atomic E-state index is -0.0741. The third kappa shape index (κ3) is 4.12. The molecular formula is C16H22Cl2N2O. The number of hydrogen-bond donors (Lipinski definition) is 1. The van der Waals surface area contributed by atoms with Crippen molar-refractivity contribution in [3.8, 4) is 0 Å². The fourth-order valence-electron chi connectivity index (χ4n) is 2.93. The van der Waals surface area contributed by atoms with Gasteiger partial charge in [0.05, 0.1) is 10.0 Å². The van der Waals surface area contributed by atoms with E-state index in [1.165, 1.54) is 12.8 Å². The number of likely N-dealkylation sites (N-methyl/N-ethyl adjacent to an activating group) is 1. The molecular weight excluding hydrogens is 307 g/mol. The molecule has 1 amide bonds. The van der Waals surface area contributed by atoms with Crippen LogP contribution in [0.2, 0.25) is 10.0 Å². The summed E-state index contributed by atoms with van der Waals surface area (Å²) in [5.74, 6) is -0.0741. The van der Waals surface area contributed by atoms with Gasteiger partial charge in [-0.2, -0.15) is 0 Å². The highest BCUT2D eigenvalue weighted by Crippen LogP contribution is 2.25. The first-order valence-corrected chi connectivity index (χ1v) is 8.24. The summed E-state index contributed by atoms with van der Waals surface area (Å²) in [5, 5.41) is 4.04. The predicted molar refractivity (Wildman–Crippen MR) is 88.3 cm³/mol. The summed E-state index contributed by atoms with van der Waals surface area (Å²) >= 11 is 11.9. The summed E-state index contributed by atoms with van der Waals surface area (Å²) in [6, 6.07) is 5.61. The van der Waals surface area contributed by atoms with Crippen molar-refractivity contribution in [2.24, 2.45) is 0 Å². The van der Waals surface area contributed by atoms with Crippen LogP contribution in [0.3, 0.4) is 0 Å². The zero-order valence-corrected chi connectivity index (χ0v) is 14.0. The second-order valence-electron chi connectivity index (χ2n) is 5.63. The minimum absolute atomic E-state index is 0.0741. The van der Waals surface area contributed by atoms with Gasteiger partial charge in [0.15, 0.2) is 0 Å². The Hall–Kier alpha value is -0.770. The number of carbonyl (C=O) groups is 1. The molecule has 1 saturated carbocycles. The van der Waals surface area contributed by atoms with Crippen molar-refractivity contribution < 1.29 is 4.79 Å². The second-order valence-corrected chi connectivity index (χ2v) is 6.45. The lowest BCUT2D eigenvalue weighted by molar-refractivity contribution is 0.0869. The summed E-state index contributed by atoms with van der Waals surface area (Å²) in [4.78, 5) is 14.7. The quantitative estimate of drug-likeness (QED) is 0.906. The molecule has 2 atom stereocenters. The zero-order chi connectivity index (χ0) is 15.4. The molecule has 0 heterocycles. The van der Waals surface area contributed by atoms with E-state index < -0.39 is 0 Å². The highest BCUT2D eigenvalue weighted by Gasteiger charge is 2.29. The van der Waals surface area contributed by atoms with Crippen LogP contribution in [0.25, 0.3) is 0 Å². The van der Waals surface area contributed by atoms with E-state index in [-0.39, 0.29) is 11.9 Å². The Labute approximate surface area is 136 Å². The van der Waals surface area contributed by atoms with Gasteiger partial charge in [-0.3, -0.25) is 4.79 Å². The van der Waals surface area contributed by atoms with E-state index in [1.807, 2.05) is 0 Å². The summed E-state index contributed by atoms with van der Waals surface area (Å²) in [6.07, 6.45) is 4.56. The first-order valence-electron chi connectivity index (χ1n) is 7.49. The topological polar surface area (TPSA) is 32.3 Å². The molecule has 5 heteroatoms. The van der Waals surface area contributed by atoms with Crippen molar-refractivity contribution in [2.45, 2.75) is 44.7 Å². The molecule has 0 radical (unpaired) electrons. The molecule has 1 aliphatic rings. The van der Waals surface area contributed by atoms with Crippen molar-refractivity contribution in [3.05, 3.63) is 33.8 Å². The van der Waals surface area contributed by atoms with Crippen LogP contribution in [0.5, 0.6) is 0 Å². The highest BCUT2D eigenvalue weighted by atomic mass is 35.5. The fraction of sp³-hybridized carbons (Fsp3) is 0.562. The van der Waals surface area contributed by atoms with Gasteiger partial charge in [0.2, 0.25) is 0 Å². The van der Waals surface area contributed by atoms with Crippen LogP contribution < -0.4 is 5.32 Å². The molecule has 1 aromatic carbocycles. The van der Waals surface area contributed by atoms with Crippen LogP contribution in [0.4, 0.5) is 0 Å². The second kappa shape index (κ2) is 7.48. The van der Waals surface area contributed by atoms with Gasteiger partial charge in [-0.1, -0.05) is 43.0 Å². The van der Waals surface area contributed by atoms with E-state index in [4.69, 9.17) is 23.2 Å². The normalized spacial score (nSPS) is 22.3. The SMILES string of the molecule is CCN(C)[C@@H]1CCCC[C@H]1NC(=O)c1ccc(Cl)c(Cl)c1. The molecule has 1 N–H and O–H groups in total. The maximum Gasteiger partial charge on any atom is 0.251 e. The number of nitrogens with one attached hydrogen (secondary N) is 1. The Balaban J connectivity index is 2.07. The van der Waals surface area contributed by atoms with Crippen molar-refractivity contribution >= 4 is 29.1 Å². The molecule has 2 rings (SSSR count). The molecule has 116 valence electrons. The average molecular weight is 329 g/mol. The Morgan fingerprint density at radius 3 is 2.67 bits per heavy atom. The van der Waals surface area contributed by atoms with Crippen LogP contribution in [0, 0.1) is 0 Å². The van der Waals surface area contributed by atoms with E-state index in [0.717, 1.165) is 19.4 Å². The molecule has 0 unspecified atom stereocenters. The van der Waals surface area contributed by atoms with Crippen molar-refractivity contribution in [1.29, 1.82) is 0 Å². The summed E-state index contributed by atoms with van der Waals surface area (Å²) < 4.78 is 0. The van der Waals surface area contributed by atoms with Gasteiger partial charge in [-0.25, -0.2) is 0 Å². The monoisotopic (exact) mass is 328 g/mol. The molecule has 0 saturated heterocycles. The summed E-state index contributed by atoms with van der Waals surface area (Å²) in [5.41, 5.74) is 0.563. The molecule has 3 nitrogen and oxygen atoms in total. The minimum Gasteiger partial charge on any atom is -0.348 e. The summed E-state index contributed by atoms with van der Waals surface area (Å²) in [6.45, 7) is 3.14. The maximum atomic E-state index is 12.4. The van der Waals surface area contributed by atoms with Gasteiger partial charge < -0.3 is 10.2 Å². The van der Waals surface area contributed by atoms with Gasteiger partial charge in [0.25, 0.3) is 5.91 Å². The predicted octanol–water partition coefficient (Wildman–Crippen LogP) is 3.99. The van der Waals surface area contributed by atoms with Gasteiger partial charge in [0.1, 0.15) is 0 Å². The molecule has 0 aliphatic heterocycles. The standard InChI is InChI=1S/C16H22Cl2N2O/c1-3-20(2)15-7-5-4-6-14(15)19-16(21)11-8-9-12(17)13(18)10-11/h8-10,14-15H,3-7H2,1-2H3,(H,19,21)/t14-,15-/m1/s1. The van der Waals surface area contributed by atoms with E-state index >= 15 is 0 Å². The van der Waals surface area contributed by atoms with E-state index in [0.29, 0.717) is 21.7 Å². The number of nitrogens with zero attached hydrogens (tertiary/aromatic N) is 1. The lowest BCUT2D eigenvalue weighted by atomic mass is 9.89. The third-order valence-electron chi connectivity index (χ3n) is 4.29. The molecule has 0 bridgehead atoms. The first-order chi connectivity index (χ1) is 10.0. The van der Waals surface area contributed by atoms with E-state index in [9.17, 15) is 4.79 Å². The van der Waals surface area contributed by atoms with Gasteiger partial charge in [-0.15, -0.1) is 0 Å². The Bertz CT molecular complexity index is 507. The van der Waals surface area contributed by atoms with E-state index in [1.54, 1.807) is 18.2 Å². The van der Waals surface area contributed by atoms with Crippen LogP contribution >= 0.6 is 23.2 Å². The maximum absolute atomic E-state index is 12.4. The van der Waals surface area contributed by atoms with Crippen LogP contribution in [-0.2, 0) is 0 Å². The average Bonchev–Trinajstić information content (AvgIpc) is 2.49. The number of halogens is 2. The largest absolute Gasteiger partial charge is 0.348 e. The van der Waals surface area contributed by atoms with Gasteiger partial charge in [-0.05, 0) is 44.6 Å². The number of hydrogen-bond acceptors (Lipinski definition) is 2.